The summed E-state index contributed by atoms with van der Waals surface area (Å²) in [5, 5.41) is 9.73. The van der Waals surface area contributed by atoms with Gasteiger partial charge in [-0.1, -0.05) is 12.1 Å². The molecule has 3 rings (SSSR count). The van der Waals surface area contributed by atoms with E-state index in [1.165, 1.54) is 0 Å². The monoisotopic (exact) mass is 377 g/mol. The number of nitrogen functional groups attached to an aromatic ring is 1. The van der Waals surface area contributed by atoms with Gasteiger partial charge >= 0.3 is 0 Å². The highest BCUT2D eigenvalue weighted by molar-refractivity contribution is 14.1. The maximum atomic E-state index is 8.81. The number of nitriles is 1. The molecule has 2 aromatic carbocycles. The van der Waals surface area contributed by atoms with Gasteiger partial charge in [0.15, 0.2) is 0 Å². The van der Waals surface area contributed by atoms with Crippen LogP contribution < -0.4 is 5.73 Å². The summed E-state index contributed by atoms with van der Waals surface area (Å²) < 4.78 is 2.26. The first-order chi connectivity index (χ1) is 9.19. The molecule has 0 saturated heterocycles. The van der Waals surface area contributed by atoms with Gasteiger partial charge < -0.3 is 5.73 Å². The molecule has 0 unspecified atom stereocenters. The number of anilines is 1. The Labute approximate surface area is 127 Å². The first kappa shape index (κ1) is 12.4. The Kier molecular flexibility index (Phi) is 3.12. The van der Waals surface area contributed by atoms with Gasteiger partial charge in [0.1, 0.15) is 10.5 Å². The lowest BCUT2D eigenvalue weighted by atomic mass is 10.1. The molecule has 0 spiro atoms. The van der Waals surface area contributed by atoms with Gasteiger partial charge in [-0.3, -0.25) is 0 Å². The number of aromatic nitrogens is 1. The molecule has 3 aromatic rings. The Morgan fingerprint density at radius 3 is 2.53 bits per heavy atom. The number of benzene rings is 2. The fraction of sp³-hybridized carbons (Fsp3) is 0. The van der Waals surface area contributed by atoms with Crippen LogP contribution in [0.3, 0.4) is 0 Å². The van der Waals surface area contributed by atoms with Crippen molar-refractivity contribution in [1.29, 1.82) is 5.26 Å². The van der Waals surface area contributed by atoms with E-state index in [2.05, 4.69) is 33.6 Å². The summed E-state index contributed by atoms with van der Waals surface area (Å²) in [6, 6.07) is 13.4. The molecule has 1 aromatic heterocycles. The van der Waals surface area contributed by atoms with E-state index < -0.39 is 0 Å². The minimum absolute atomic E-state index is 0.652. The molecular weight excluding hydrogens is 369 g/mol. The summed E-state index contributed by atoms with van der Waals surface area (Å²) in [6.45, 7) is 0. The van der Waals surface area contributed by atoms with Crippen LogP contribution in [0.15, 0.2) is 36.4 Å². The van der Waals surface area contributed by atoms with E-state index in [0.717, 1.165) is 24.4 Å². The molecule has 0 saturated carbocycles. The molecule has 1 heterocycles. The van der Waals surface area contributed by atoms with E-state index in [1.54, 1.807) is 23.5 Å². The number of rotatable bonds is 1. The van der Waals surface area contributed by atoms with Crippen LogP contribution in [0.1, 0.15) is 5.56 Å². The quantitative estimate of drug-likeness (QED) is 0.515. The minimum atomic E-state index is 0.652. The van der Waals surface area contributed by atoms with Gasteiger partial charge in [-0.05, 0) is 46.9 Å². The van der Waals surface area contributed by atoms with E-state index >= 15 is 0 Å². The summed E-state index contributed by atoms with van der Waals surface area (Å²) in [5.41, 5.74) is 9.18. The molecule has 5 heteroatoms. The number of fused-ring (bicyclic) bond motifs is 1. The summed E-state index contributed by atoms with van der Waals surface area (Å²) in [6.07, 6.45) is 0. The van der Waals surface area contributed by atoms with Gasteiger partial charge in [0.25, 0.3) is 0 Å². The Morgan fingerprint density at radius 2 is 1.89 bits per heavy atom. The molecule has 0 bridgehead atoms. The van der Waals surface area contributed by atoms with E-state index in [1.807, 2.05) is 24.3 Å². The van der Waals surface area contributed by atoms with Gasteiger partial charge in [0.2, 0.25) is 0 Å². The fourth-order valence-electron chi connectivity index (χ4n) is 1.81. The van der Waals surface area contributed by atoms with Crippen LogP contribution in [-0.2, 0) is 0 Å². The third-order valence-corrected chi connectivity index (χ3v) is 5.19. The van der Waals surface area contributed by atoms with Crippen molar-refractivity contribution in [3.05, 3.63) is 45.5 Å². The molecule has 0 radical (unpaired) electrons. The second-order valence-corrected chi connectivity index (χ2v) is 6.18. The lowest BCUT2D eigenvalue weighted by molar-refractivity contribution is 1.45. The highest BCUT2D eigenvalue weighted by Gasteiger charge is 2.11. The molecule has 3 nitrogen and oxygen atoms in total. The summed E-state index contributed by atoms with van der Waals surface area (Å²) in [5.74, 6) is 0. The highest BCUT2D eigenvalue weighted by Crippen LogP contribution is 2.35. The lowest BCUT2D eigenvalue weighted by Gasteiger charge is -1.95. The van der Waals surface area contributed by atoms with Crippen LogP contribution in [0.5, 0.6) is 0 Å². The zero-order valence-corrected chi connectivity index (χ0v) is 12.7. The Hall–Kier alpha value is -1.65. The standard InChI is InChI=1S/C14H8IN3S/c15-10-5-6-11(17)12-13(10)19-14(18-12)9-3-1-8(7-16)2-4-9/h1-6H,17H2. The van der Waals surface area contributed by atoms with Gasteiger partial charge in [-0.2, -0.15) is 5.26 Å². The van der Waals surface area contributed by atoms with Crippen molar-refractivity contribution in [2.45, 2.75) is 0 Å². The van der Waals surface area contributed by atoms with Crippen molar-refractivity contribution in [3.63, 3.8) is 0 Å². The highest BCUT2D eigenvalue weighted by atomic mass is 127. The average Bonchev–Trinajstić information content (AvgIpc) is 2.89. The van der Waals surface area contributed by atoms with Crippen LogP contribution in [-0.4, -0.2) is 4.98 Å². The number of halogens is 1. The molecule has 0 atom stereocenters. The van der Waals surface area contributed by atoms with E-state index in [9.17, 15) is 0 Å². The molecule has 19 heavy (non-hydrogen) atoms. The summed E-state index contributed by atoms with van der Waals surface area (Å²) in [4.78, 5) is 4.60. The third kappa shape index (κ3) is 2.17. The predicted molar refractivity (Wildman–Crippen MR) is 86.9 cm³/mol. The number of hydrogen-bond donors (Lipinski definition) is 1. The minimum Gasteiger partial charge on any atom is -0.397 e. The van der Waals surface area contributed by atoms with Crippen molar-refractivity contribution in [2.75, 3.05) is 5.73 Å². The number of nitrogens with two attached hydrogens (primary N) is 1. The molecule has 0 aliphatic carbocycles. The molecule has 0 amide bonds. The van der Waals surface area contributed by atoms with Crippen LogP contribution in [0.4, 0.5) is 5.69 Å². The maximum absolute atomic E-state index is 8.81. The lowest BCUT2D eigenvalue weighted by Crippen LogP contribution is -1.87. The molecule has 92 valence electrons. The second kappa shape index (κ2) is 4.79. The average molecular weight is 377 g/mol. The van der Waals surface area contributed by atoms with Gasteiger partial charge in [-0.15, -0.1) is 11.3 Å². The van der Waals surface area contributed by atoms with Gasteiger partial charge in [0.05, 0.1) is 22.0 Å². The largest absolute Gasteiger partial charge is 0.397 e. The second-order valence-electron chi connectivity index (χ2n) is 4.02. The SMILES string of the molecule is N#Cc1ccc(-c2nc3c(N)ccc(I)c3s2)cc1. The van der Waals surface area contributed by atoms with Gasteiger partial charge in [-0.25, -0.2) is 4.98 Å². The molecule has 0 fully saturated rings. The molecule has 0 aliphatic rings. The zero-order valence-electron chi connectivity index (χ0n) is 9.72. The van der Waals surface area contributed by atoms with E-state index in [-0.39, 0.29) is 0 Å². The van der Waals surface area contributed by atoms with Crippen molar-refractivity contribution in [3.8, 4) is 16.6 Å². The summed E-state index contributed by atoms with van der Waals surface area (Å²) >= 11 is 3.91. The third-order valence-electron chi connectivity index (χ3n) is 2.79. The number of nitrogens with zero attached hydrogens (tertiary/aromatic N) is 2. The van der Waals surface area contributed by atoms with Crippen molar-refractivity contribution >= 4 is 49.8 Å². The fourth-order valence-corrected chi connectivity index (χ4v) is 3.58. The molecular formula is C14H8IN3S. The normalized spacial score (nSPS) is 10.5. The van der Waals surface area contributed by atoms with Crippen LogP contribution in [0.2, 0.25) is 0 Å². The predicted octanol–water partition coefficient (Wildman–Crippen LogP) is 4.02. The first-order valence-corrected chi connectivity index (χ1v) is 7.43. The molecule has 0 aliphatic heterocycles. The van der Waals surface area contributed by atoms with E-state index in [4.69, 9.17) is 11.0 Å². The molecule has 2 N–H and O–H groups in total. The smallest absolute Gasteiger partial charge is 0.124 e. The van der Waals surface area contributed by atoms with Crippen LogP contribution >= 0.6 is 33.9 Å². The summed E-state index contributed by atoms with van der Waals surface area (Å²) in [7, 11) is 0. The Morgan fingerprint density at radius 1 is 1.16 bits per heavy atom. The van der Waals surface area contributed by atoms with Crippen LogP contribution in [0.25, 0.3) is 20.8 Å². The van der Waals surface area contributed by atoms with Crippen molar-refractivity contribution in [2.24, 2.45) is 0 Å². The first-order valence-electron chi connectivity index (χ1n) is 5.54. The van der Waals surface area contributed by atoms with Crippen molar-refractivity contribution < 1.29 is 0 Å². The maximum Gasteiger partial charge on any atom is 0.124 e. The van der Waals surface area contributed by atoms with Crippen molar-refractivity contribution in [1.82, 2.24) is 4.98 Å². The zero-order chi connectivity index (χ0) is 13.4. The number of thiazole rings is 1. The van der Waals surface area contributed by atoms with Gasteiger partial charge in [0, 0.05) is 9.13 Å². The number of hydrogen-bond acceptors (Lipinski definition) is 4. The Balaban J connectivity index is 2.18. The Bertz CT molecular complexity index is 761. The topological polar surface area (TPSA) is 62.7 Å². The van der Waals surface area contributed by atoms with Crippen LogP contribution in [0, 0.1) is 14.9 Å². The van der Waals surface area contributed by atoms with E-state index in [0.29, 0.717) is 11.3 Å².